The zero-order valence-corrected chi connectivity index (χ0v) is 9.89. The normalized spacial score (nSPS) is 10.4. The summed E-state index contributed by atoms with van der Waals surface area (Å²) in [6.45, 7) is 4.65. The Bertz CT molecular complexity index is 394. The van der Waals surface area contributed by atoms with Crippen LogP contribution in [0.15, 0.2) is 18.2 Å². The highest BCUT2D eigenvalue weighted by Gasteiger charge is 2.05. The summed E-state index contributed by atoms with van der Waals surface area (Å²) in [5.41, 5.74) is 0.228. The molecule has 1 aromatic carbocycles. The van der Waals surface area contributed by atoms with Gasteiger partial charge in [0.25, 0.3) is 0 Å². The molecule has 0 spiro atoms. The van der Waals surface area contributed by atoms with Crippen LogP contribution >= 0.6 is 0 Å². The fourth-order valence-corrected chi connectivity index (χ4v) is 1.22. The van der Waals surface area contributed by atoms with Crippen molar-refractivity contribution in [2.24, 2.45) is 5.92 Å². The second-order valence-electron chi connectivity index (χ2n) is 4.19. The highest BCUT2D eigenvalue weighted by molar-refractivity contribution is 5.89. The van der Waals surface area contributed by atoms with E-state index < -0.39 is 17.7 Å². The van der Waals surface area contributed by atoms with Gasteiger partial charge in [0.1, 0.15) is 0 Å². The van der Waals surface area contributed by atoms with Gasteiger partial charge >= 0.3 is 6.03 Å². The van der Waals surface area contributed by atoms with Crippen molar-refractivity contribution in [3.05, 3.63) is 29.8 Å². The number of hydrogen-bond donors (Lipinski definition) is 2. The van der Waals surface area contributed by atoms with E-state index in [-0.39, 0.29) is 5.69 Å². The highest BCUT2D eigenvalue weighted by atomic mass is 19.2. The molecule has 0 heterocycles. The lowest BCUT2D eigenvalue weighted by atomic mass is 10.1. The van der Waals surface area contributed by atoms with Crippen LogP contribution in [0.5, 0.6) is 0 Å². The fraction of sp³-hybridized carbons (Fsp3) is 0.417. The summed E-state index contributed by atoms with van der Waals surface area (Å²) >= 11 is 0. The lowest BCUT2D eigenvalue weighted by Crippen LogP contribution is -2.30. The van der Waals surface area contributed by atoms with Crippen LogP contribution in [0.25, 0.3) is 0 Å². The first-order valence-electron chi connectivity index (χ1n) is 5.49. The number of hydrogen-bond acceptors (Lipinski definition) is 1. The van der Waals surface area contributed by atoms with Gasteiger partial charge in [0.05, 0.1) is 0 Å². The SMILES string of the molecule is CC(C)CCNC(=O)Nc1ccc(F)c(F)c1. The van der Waals surface area contributed by atoms with E-state index in [1.54, 1.807) is 0 Å². The molecule has 0 aliphatic carbocycles. The third-order valence-electron chi connectivity index (χ3n) is 2.18. The molecule has 0 aromatic heterocycles. The lowest BCUT2D eigenvalue weighted by Gasteiger charge is -2.09. The van der Waals surface area contributed by atoms with E-state index in [0.717, 1.165) is 18.6 Å². The predicted octanol–water partition coefficient (Wildman–Crippen LogP) is 3.13. The minimum Gasteiger partial charge on any atom is -0.338 e. The molecule has 3 nitrogen and oxygen atoms in total. The van der Waals surface area contributed by atoms with Gasteiger partial charge in [-0.2, -0.15) is 0 Å². The predicted molar refractivity (Wildman–Crippen MR) is 62.8 cm³/mol. The molecule has 2 amide bonds. The molecular weight excluding hydrogens is 226 g/mol. The second-order valence-corrected chi connectivity index (χ2v) is 4.19. The molecular formula is C12H16F2N2O. The van der Waals surface area contributed by atoms with Gasteiger partial charge in [-0.1, -0.05) is 13.8 Å². The first kappa shape index (κ1) is 13.4. The van der Waals surface area contributed by atoms with E-state index in [1.165, 1.54) is 6.07 Å². The maximum Gasteiger partial charge on any atom is 0.319 e. The molecule has 0 aliphatic heterocycles. The smallest absolute Gasteiger partial charge is 0.319 e. The van der Waals surface area contributed by atoms with Gasteiger partial charge in [-0.15, -0.1) is 0 Å². The molecule has 0 saturated carbocycles. The van der Waals surface area contributed by atoms with Crippen LogP contribution in [-0.2, 0) is 0 Å². The zero-order valence-electron chi connectivity index (χ0n) is 9.89. The summed E-state index contributed by atoms with van der Waals surface area (Å²) in [6.07, 6.45) is 0.866. The van der Waals surface area contributed by atoms with Crippen molar-refractivity contribution in [1.82, 2.24) is 5.32 Å². The summed E-state index contributed by atoms with van der Waals surface area (Å²) in [5, 5.41) is 5.06. The van der Waals surface area contributed by atoms with Crippen molar-refractivity contribution in [2.45, 2.75) is 20.3 Å². The summed E-state index contributed by atoms with van der Waals surface area (Å²) in [5.74, 6) is -1.42. The van der Waals surface area contributed by atoms with Crippen molar-refractivity contribution in [2.75, 3.05) is 11.9 Å². The average Bonchev–Trinajstić information content (AvgIpc) is 2.23. The maximum absolute atomic E-state index is 12.8. The van der Waals surface area contributed by atoms with Crippen LogP contribution in [-0.4, -0.2) is 12.6 Å². The Morgan fingerprint density at radius 2 is 2.00 bits per heavy atom. The number of halogens is 2. The van der Waals surface area contributed by atoms with Crippen LogP contribution in [0.4, 0.5) is 19.3 Å². The third-order valence-corrected chi connectivity index (χ3v) is 2.18. The number of benzene rings is 1. The van der Waals surface area contributed by atoms with Crippen molar-refractivity contribution >= 4 is 11.7 Å². The molecule has 0 aliphatic rings. The molecule has 0 unspecified atom stereocenters. The van der Waals surface area contributed by atoms with Gasteiger partial charge in [-0.05, 0) is 24.5 Å². The molecule has 94 valence electrons. The first-order chi connectivity index (χ1) is 7.99. The molecule has 17 heavy (non-hydrogen) atoms. The Labute approximate surface area is 99.2 Å². The van der Waals surface area contributed by atoms with Crippen molar-refractivity contribution in [3.63, 3.8) is 0 Å². The summed E-state index contributed by atoms with van der Waals surface area (Å²) in [4.78, 5) is 11.4. The molecule has 0 fully saturated rings. The monoisotopic (exact) mass is 242 g/mol. The number of amides is 2. The molecule has 0 saturated heterocycles. The van der Waals surface area contributed by atoms with Crippen LogP contribution in [0.1, 0.15) is 20.3 Å². The fourth-order valence-electron chi connectivity index (χ4n) is 1.22. The zero-order chi connectivity index (χ0) is 12.8. The molecule has 2 N–H and O–H groups in total. The Hall–Kier alpha value is -1.65. The Balaban J connectivity index is 2.42. The van der Waals surface area contributed by atoms with Crippen LogP contribution in [0, 0.1) is 17.6 Å². The standard InChI is InChI=1S/C12H16F2N2O/c1-8(2)5-6-15-12(17)16-9-3-4-10(13)11(14)7-9/h3-4,7-8H,5-6H2,1-2H3,(H2,15,16,17). The van der Waals surface area contributed by atoms with Crippen LogP contribution in [0.3, 0.4) is 0 Å². The van der Waals surface area contributed by atoms with Gasteiger partial charge in [0, 0.05) is 18.3 Å². The van der Waals surface area contributed by atoms with E-state index in [9.17, 15) is 13.6 Å². The Kier molecular flexibility index (Phi) is 4.87. The molecule has 1 aromatic rings. The van der Waals surface area contributed by atoms with E-state index >= 15 is 0 Å². The van der Waals surface area contributed by atoms with E-state index in [1.807, 2.05) is 0 Å². The largest absolute Gasteiger partial charge is 0.338 e. The molecule has 5 heteroatoms. The lowest BCUT2D eigenvalue weighted by molar-refractivity contribution is 0.251. The number of urea groups is 1. The van der Waals surface area contributed by atoms with Gasteiger partial charge < -0.3 is 10.6 Å². The van der Waals surface area contributed by atoms with E-state index in [0.29, 0.717) is 12.5 Å². The number of nitrogens with one attached hydrogen (secondary N) is 2. The molecule has 0 bridgehead atoms. The van der Waals surface area contributed by atoms with Crippen LogP contribution in [0.2, 0.25) is 0 Å². The Morgan fingerprint density at radius 1 is 1.29 bits per heavy atom. The van der Waals surface area contributed by atoms with E-state index in [2.05, 4.69) is 24.5 Å². The maximum atomic E-state index is 12.8. The van der Waals surface area contributed by atoms with Gasteiger partial charge in [0.15, 0.2) is 11.6 Å². The van der Waals surface area contributed by atoms with Gasteiger partial charge in [-0.3, -0.25) is 0 Å². The van der Waals surface area contributed by atoms with E-state index in [4.69, 9.17) is 0 Å². The molecule has 0 radical (unpaired) electrons. The minimum absolute atomic E-state index is 0.228. The van der Waals surface area contributed by atoms with Crippen molar-refractivity contribution in [3.8, 4) is 0 Å². The molecule has 0 atom stereocenters. The number of carbonyl (C=O) groups is 1. The van der Waals surface area contributed by atoms with Gasteiger partial charge in [0.2, 0.25) is 0 Å². The van der Waals surface area contributed by atoms with Gasteiger partial charge in [-0.25, -0.2) is 13.6 Å². The summed E-state index contributed by atoms with van der Waals surface area (Å²) in [7, 11) is 0. The Morgan fingerprint density at radius 3 is 2.59 bits per heavy atom. The first-order valence-corrected chi connectivity index (χ1v) is 5.49. The summed E-state index contributed by atoms with van der Waals surface area (Å²) in [6, 6.07) is 2.80. The minimum atomic E-state index is -0.981. The third kappa shape index (κ3) is 4.80. The topological polar surface area (TPSA) is 41.1 Å². The number of rotatable bonds is 4. The second kappa shape index (κ2) is 6.18. The average molecular weight is 242 g/mol. The number of anilines is 1. The van der Waals surface area contributed by atoms with Crippen molar-refractivity contribution < 1.29 is 13.6 Å². The summed E-state index contributed by atoms with van der Waals surface area (Å²) < 4.78 is 25.5. The number of carbonyl (C=O) groups excluding carboxylic acids is 1. The van der Waals surface area contributed by atoms with Crippen molar-refractivity contribution in [1.29, 1.82) is 0 Å². The van der Waals surface area contributed by atoms with Crippen LogP contribution < -0.4 is 10.6 Å². The quantitative estimate of drug-likeness (QED) is 0.836. The molecule has 1 rings (SSSR count). The highest BCUT2D eigenvalue weighted by Crippen LogP contribution is 2.12.